The molecule has 18 nitrogen and oxygen atoms in total. The van der Waals surface area contributed by atoms with Gasteiger partial charge in [-0.25, -0.2) is 14.4 Å². The second-order valence-electron chi connectivity index (χ2n) is 16.0. The number of carbonyl (C=O) groups excluding carboxylic acids is 3. The Balaban J connectivity index is 0.881. The maximum absolute atomic E-state index is 13.4. The van der Waals surface area contributed by atoms with Crippen LogP contribution in [0.15, 0.2) is 194 Å². The fraction of sp³-hybridized carbons (Fsp3) is 0.211. The Kier molecular flexibility index (Phi) is 20.3. The smallest absolute Gasteiger partial charge is 0.338 e. The number of nitrogens with zero attached hydrogens (tertiary/aromatic N) is 6. The number of hydrogen-bond acceptors (Lipinski definition) is 18. The zero-order chi connectivity index (χ0) is 52.5. The van der Waals surface area contributed by atoms with E-state index in [0.29, 0.717) is 70.6 Å². The predicted octanol–water partition coefficient (Wildman–Crippen LogP) is 13.8. The third kappa shape index (κ3) is 17.7. The first-order chi connectivity index (χ1) is 36.7. The molecule has 0 saturated carbocycles. The molecule has 0 N–H and O–H groups in total. The number of ether oxygens (including phenoxy) is 9. The molecule has 7 aromatic carbocycles. The van der Waals surface area contributed by atoms with Gasteiger partial charge in [-0.3, -0.25) is 0 Å². The van der Waals surface area contributed by atoms with Crippen LogP contribution in [0.1, 0.15) is 50.3 Å². The van der Waals surface area contributed by atoms with Gasteiger partial charge in [-0.05, 0) is 164 Å². The van der Waals surface area contributed by atoms with Crippen LogP contribution in [-0.2, 0) is 14.2 Å². The largest absolute Gasteiger partial charge is 0.497 e. The lowest BCUT2D eigenvalue weighted by Gasteiger charge is -2.11. The van der Waals surface area contributed by atoms with E-state index in [1.54, 1.807) is 167 Å². The SMILES string of the molecule is COc1ccc(N=Nc2ccc(OCCCOC(=O)c3cc(C(=O)OCCCOc4ccc(N=Nc5ccc(OC)cc5)cc4)cc(C(=O)OCCCOc4ccc(N=Nc5ccc(OC)cc5)cc4)c3)cc2)cc1. The van der Waals surface area contributed by atoms with Crippen LogP contribution in [0.5, 0.6) is 34.5 Å². The van der Waals surface area contributed by atoms with Crippen LogP contribution in [0.4, 0.5) is 34.1 Å². The van der Waals surface area contributed by atoms with E-state index < -0.39 is 17.9 Å². The molecule has 0 amide bonds. The fourth-order valence-corrected chi connectivity index (χ4v) is 6.59. The van der Waals surface area contributed by atoms with Gasteiger partial charge in [0.15, 0.2) is 0 Å². The van der Waals surface area contributed by atoms with Crippen molar-refractivity contribution in [3.8, 4) is 34.5 Å². The van der Waals surface area contributed by atoms with E-state index in [4.69, 9.17) is 42.6 Å². The number of methoxy groups -OCH3 is 3. The van der Waals surface area contributed by atoms with Gasteiger partial charge in [-0.1, -0.05) is 0 Å². The molecule has 7 aromatic rings. The highest BCUT2D eigenvalue weighted by Gasteiger charge is 2.19. The summed E-state index contributed by atoms with van der Waals surface area (Å²) in [6.07, 6.45) is 1.06. The van der Waals surface area contributed by atoms with E-state index >= 15 is 0 Å². The van der Waals surface area contributed by atoms with E-state index in [0.717, 1.165) is 17.2 Å². The second kappa shape index (κ2) is 28.6. The molecule has 0 unspecified atom stereocenters. The first-order valence-electron chi connectivity index (χ1n) is 23.8. The predicted molar refractivity (Wildman–Crippen MR) is 278 cm³/mol. The van der Waals surface area contributed by atoms with Crippen LogP contribution in [0.25, 0.3) is 0 Å². The Morgan fingerprint density at radius 1 is 0.293 bits per heavy atom. The van der Waals surface area contributed by atoms with Crippen LogP contribution < -0.4 is 28.4 Å². The minimum Gasteiger partial charge on any atom is -0.497 e. The Morgan fingerprint density at radius 2 is 0.493 bits per heavy atom. The lowest BCUT2D eigenvalue weighted by Crippen LogP contribution is -2.15. The number of azo groups is 3. The summed E-state index contributed by atoms with van der Waals surface area (Å²) in [4.78, 5) is 40.1. The zero-order valence-corrected chi connectivity index (χ0v) is 41.5. The van der Waals surface area contributed by atoms with E-state index in [-0.39, 0.29) is 56.3 Å². The van der Waals surface area contributed by atoms with Gasteiger partial charge in [0.25, 0.3) is 0 Å². The van der Waals surface area contributed by atoms with E-state index in [2.05, 4.69) is 30.7 Å². The molecule has 0 spiro atoms. The highest BCUT2D eigenvalue weighted by molar-refractivity contribution is 6.00. The molecular weight excluding hydrogens is 961 g/mol. The van der Waals surface area contributed by atoms with Gasteiger partial charge in [0.2, 0.25) is 0 Å². The summed E-state index contributed by atoms with van der Waals surface area (Å²) < 4.78 is 49.6. The summed E-state index contributed by atoms with van der Waals surface area (Å²) in [5.74, 6) is 1.70. The molecule has 0 bridgehead atoms. The van der Waals surface area contributed by atoms with Crippen LogP contribution in [0, 0.1) is 0 Å². The minimum atomic E-state index is -0.756. The number of hydrogen-bond donors (Lipinski definition) is 0. The number of carbonyl (C=O) groups is 3. The number of benzene rings is 7. The van der Waals surface area contributed by atoms with Crippen molar-refractivity contribution in [3.63, 3.8) is 0 Å². The molecule has 7 rings (SSSR count). The molecule has 75 heavy (non-hydrogen) atoms. The number of rotatable bonds is 27. The fourth-order valence-electron chi connectivity index (χ4n) is 6.59. The third-order valence-corrected chi connectivity index (χ3v) is 10.6. The maximum Gasteiger partial charge on any atom is 0.338 e. The zero-order valence-electron chi connectivity index (χ0n) is 41.5. The normalized spacial score (nSPS) is 11.1. The highest BCUT2D eigenvalue weighted by atomic mass is 16.5. The summed E-state index contributed by atoms with van der Waals surface area (Å²) in [7, 11) is 4.79. The summed E-state index contributed by atoms with van der Waals surface area (Å²) in [5.41, 5.74) is 3.84. The molecule has 0 aromatic heterocycles. The molecule has 0 aliphatic heterocycles. The van der Waals surface area contributed by atoms with Crippen molar-refractivity contribution < 1.29 is 57.0 Å². The van der Waals surface area contributed by atoms with Crippen molar-refractivity contribution in [3.05, 3.63) is 180 Å². The Labute approximate surface area is 433 Å². The summed E-state index contributed by atoms with van der Waals surface area (Å²) in [6, 6.07) is 46.8. The third-order valence-electron chi connectivity index (χ3n) is 10.6. The lowest BCUT2D eigenvalue weighted by molar-refractivity contribution is 0.0484. The molecule has 0 radical (unpaired) electrons. The van der Waals surface area contributed by atoms with Gasteiger partial charge >= 0.3 is 17.9 Å². The van der Waals surface area contributed by atoms with Gasteiger partial charge in [0.1, 0.15) is 34.5 Å². The van der Waals surface area contributed by atoms with Gasteiger partial charge in [-0.15, -0.1) is 0 Å². The first kappa shape index (κ1) is 53.4. The summed E-state index contributed by atoms with van der Waals surface area (Å²) >= 11 is 0. The Bertz CT molecular complexity index is 2670. The van der Waals surface area contributed by atoms with Crippen LogP contribution in [0.2, 0.25) is 0 Å². The molecule has 0 aliphatic rings. The topological polar surface area (TPSA) is 208 Å². The molecule has 0 saturated heterocycles. The summed E-state index contributed by atoms with van der Waals surface area (Å²) in [5, 5.41) is 25.5. The Morgan fingerprint density at radius 3 is 0.693 bits per heavy atom. The molecule has 0 fully saturated rings. The van der Waals surface area contributed by atoms with Crippen molar-refractivity contribution in [2.75, 3.05) is 61.0 Å². The Hall–Kier alpha value is -9.45. The van der Waals surface area contributed by atoms with E-state index in [1.807, 2.05) is 0 Å². The van der Waals surface area contributed by atoms with Crippen LogP contribution >= 0.6 is 0 Å². The second-order valence-corrected chi connectivity index (χ2v) is 16.0. The maximum atomic E-state index is 13.4. The van der Waals surface area contributed by atoms with Crippen LogP contribution in [0.3, 0.4) is 0 Å². The van der Waals surface area contributed by atoms with Crippen molar-refractivity contribution in [1.82, 2.24) is 0 Å². The van der Waals surface area contributed by atoms with Crippen molar-refractivity contribution >= 4 is 52.0 Å². The van der Waals surface area contributed by atoms with Crippen molar-refractivity contribution in [1.29, 1.82) is 0 Å². The first-order valence-corrected chi connectivity index (χ1v) is 23.8. The van der Waals surface area contributed by atoms with Crippen LogP contribution in [-0.4, -0.2) is 78.9 Å². The van der Waals surface area contributed by atoms with Crippen molar-refractivity contribution in [2.24, 2.45) is 30.7 Å². The average Bonchev–Trinajstić information content (AvgIpc) is 3.46. The van der Waals surface area contributed by atoms with Crippen molar-refractivity contribution in [2.45, 2.75) is 19.3 Å². The van der Waals surface area contributed by atoms with E-state index in [9.17, 15) is 14.4 Å². The molecule has 384 valence electrons. The molecule has 0 heterocycles. The molecule has 0 atom stereocenters. The molecule has 0 aliphatic carbocycles. The average molecular weight is 1020 g/mol. The van der Waals surface area contributed by atoms with Gasteiger partial charge in [0, 0.05) is 19.3 Å². The monoisotopic (exact) mass is 1010 g/mol. The highest BCUT2D eigenvalue weighted by Crippen LogP contribution is 2.27. The van der Waals surface area contributed by atoms with E-state index in [1.165, 1.54) is 18.2 Å². The van der Waals surface area contributed by atoms with Gasteiger partial charge in [-0.2, -0.15) is 30.7 Å². The van der Waals surface area contributed by atoms with Gasteiger partial charge in [0.05, 0.1) is 112 Å². The minimum absolute atomic E-state index is 0.00546. The molecule has 18 heteroatoms. The number of esters is 3. The molecular formula is C57H54N6O12. The summed E-state index contributed by atoms with van der Waals surface area (Å²) in [6.45, 7) is 0.700. The lowest BCUT2D eigenvalue weighted by atomic mass is 10.1. The van der Waals surface area contributed by atoms with Gasteiger partial charge < -0.3 is 42.6 Å². The quantitative estimate of drug-likeness (QED) is 0.0204. The standard InChI is InChI=1S/C57H54N6O12/c1-67-49-19-7-43(8-20-49)58-61-46-13-25-52(26-14-46)70-31-4-34-73-55(64)40-37-41(56(65)74-35-5-32-71-53-27-15-47(16-28-53)62-59-44-9-21-50(68-2)22-10-44)39-42(38-40)57(66)75-36-6-33-72-54-29-17-48(18-30-54)63-60-45-11-23-51(69-3)24-12-45/h7-30,37-39H,4-6,31-36H2,1-3H3.